The van der Waals surface area contributed by atoms with Crippen molar-refractivity contribution in [1.82, 2.24) is 24.2 Å². The first-order valence-corrected chi connectivity index (χ1v) is 11.2. The summed E-state index contributed by atoms with van der Waals surface area (Å²) in [6.45, 7) is 4.61. The van der Waals surface area contributed by atoms with Gasteiger partial charge in [-0.15, -0.1) is 11.3 Å². The van der Waals surface area contributed by atoms with Crippen LogP contribution in [-0.4, -0.2) is 30.8 Å². The third-order valence-corrected chi connectivity index (χ3v) is 6.50. The van der Waals surface area contributed by atoms with Gasteiger partial charge in [-0.1, -0.05) is 30.3 Å². The maximum Gasteiger partial charge on any atom is 0.199 e. The second-order valence-corrected chi connectivity index (χ2v) is 9.09. The minimum atomic E-state index is 0.650. The van der Waals surface area contributed by atoms with Crippen LogP contribution in [0.1, 0.15) is 15.3 Å². The Morgan fingerprint density at radius 1 is 1.07 bits per heavy atom. The van der Waals surface area contributed by atoms with E-state index in [0.717, 1.165) is 30.9 Å². The Hall–Kier alpha value is -2.61. The van der Waals surface area contributed by atoms with Crippen molar-refractivity contribution in [2.75, 3.05) is 6.54 Å². The Morgan fingerprint density at radius 2 is 1.90 bits per heavy atom. The van der Waals surface area contributed by atoms with E-state index in [9.17, 15) is 0 Å². The summed E-state index contributed by atoms with van der Waals surface area (Å²) >= 11 is 7.54. The highest BCUT2D eigenvalue weighted by atomic mass is 32.1. The molecule has 0 saturated heterocycles. The molecule has 7 heteroatoms. The lowest BCUT2D eigenvalue weighted by molar-refractivity contribution is 0.201. The van der Waals surface area contributed by atoms with E-state index in [-0.39, 0.29) is 0 Å². The Balaban J connectivity index is 1.57. The van der Waals surface area contributed by atoms with Crippen LogP contribution in [0, 0.1) is 11.7 Å². The van der Waals surface area contributed by atoms with Crippen molar-refractivity contribution in [2.45, 2.75) is 26.6 Å². The van der Waals surface area contributed by atoms with Crippen LogP contribution < -0.4 is 0 Å². The number of nitrogens with zero attached hydrogens (tertiary/aromatic N) is 5. The largest absolute Gasteiger partial charge is 0.303 e. The first-order chi connectivity index (χ1) is 14.6. The maximum absolute atomic E-state index is 5.70. The van der Waals surface area contributed by atoms with Crippen LogP contribution in [0.3, 0.4) is 0 Å². The molecule has 0 spiro atoms. The molecule has 0 radical (unpaired) electrons. The molecule has 0 amide bonds. The van der Waals surface area contributed by atoms with Gasteiger partial charge in [0, 0.05) is 47.8 Å². The number of aromatic nitrogens is 4. The molecule has 3 aromatic heterocycles. The number of pyridine rings is 1. The summed E-state index contributed by atoms with van der Waals surface area (Å²) < 4.78 is 4.58. The number of benzene rings is 1. The summed E-state index contributed by atoms with van der Waals surface area (Å²) in [5.41, 5.74) is 2.31. The zero-order valence-corrected chi connectivity index (χ0v) is 18.9. The molecule has 0 unspecified atom stereocenters. The fourth-order valence-corrected chi connectivity index (χ4v) is 4.56. The Bertz CT molecular complexity index is 1150. The van der Waals surface area contributed by atoms with Crippen molar-refractivity contribution >= 4 is 23.6 Å². The molecule has 0 aliphatic rings. The van der Waals surface area contributed by atoms with Gasteiger partial charge in [-0.2, -0.15) is 5.10 Å². The third kappa shape index (κ3) is 4.92. The Labute approximate surface area is 186 Å². The molecule has 4 aromatic rings. The summed E-state index contributed by atoms with van der Waals surface area (Å²) in [7, 11) is 1.96. The van der Waals surface area contributed by atoms with Gasteiger partial charge in [-0.25, -0.2) is 4.68 Å². The van der Waals surface area contributed by atoms with Gasteiger partial charge in [0.25, 0.3) is 0 Å². The lowest BCUT2D eigenvalue weighted by Crippen LogP contribution is -2.28. The van der Waals surface area contributed by atoms with Gasteiger partial charge in [0.1, 0.15) is 0 Å². The van der Waals surface area contributed by atoms with Gasteiger partial charge in [0.2, 0.25) is 0 Å². The van der Waals surface area contributed by atoms with Gasteiger partial charge < -0.3 is 4.57 Å². The molecule has 0 saturated carbocycles. The minimum Gasteiger partial charge on any atom is -0.303 e. The molecule has 30 heavy (non-hydrogen) atoms. The summed E-state index contributed by atoms with van der Waals surface area (Å²) in [5, 5.41) is 4.82. The van der Waals surface area contributed by atoms with Crippen LogP contribution in [0.25, 0.3) is 11.4 Å². The van der Waals surface area contributed by atoms with Crippen LogP contribution in [0.5, 0.6) is 0 Å². The number of hydrogen-bond acceptors (Lipinski definition) is 5. The normalized spacial score (nSPS) is 11.3. The van der Waals surface area contributed by atoms with Gasteiger partial charge >= 0.3 is 0 Å². The second-order valence-electron chi connectivity index (χ2n) is 7.35. The highest BCUT2D eigenvalue weighted by Gasteiger charge is 2.14. The first-order valence-electron chi connectivity index (χ1n) is 9.96. The van der Waals surface area contributed by atoms with Crippen molar-refractivity contribution in [3.63, 3.8) is 0 Å². The summed E-state index contributed by atoms with van der Waals surface area (Å²) in [4.78, 5) is 9.32. The molecule has 0 N–H and O–H groups in total. The molecular formula is C23H25N5S2. The minimum absolute atomic E-state index is 0.650. The maximum atomic E-state index is 5.70. The molecule has 0 bridgehead atoms. The van der Waals surface area contributed by atoms with Crippen LogP contribution in [0.4, 0.5) is 0 Å². The molecular weight excluding hydrogens is 410 g/mol. The number of thiophene rings is 1. The van der Waals surface area contributed by atoms with Crippen molar-refractivity contribution in [1.29, 1.82) is 0 Å². The third-order valence-electron chi connectivity index (χ3n) is 5.03. The highest BCUT2D eigenvalue weighted by Crippen LogP contribution is 2.19. The van der Waals surface area contributed by atoms with Crippen LogP contribution in [0.2, 0.25) is 0 Å². The van der Waals surface area contributed by atoms with Crippen LogP contribution in [0.15, 0.2) is 67.0 Å². The average molecular weight is 436 g/mol. The predicted octanol–water partition coefficient (Wildman–Crippen LogP) is 5.09. The van der Waals surface area contributed by atoms with Gasteiger partial charge in [0.05, 0.1) is 6.67 Å². The molecule has 0 aliphatic carbocycles. The number of aryl methyl sites for hydroxylation is 1. The average Bonchev–Trinajstić information content (AvgIpc) is 3.31. The molecule has 3 heterocycles. The summed E-state index contributed by atoms with van der Waals surface area (Å²) in [6, 6.07) is 18.9. The van der Waals surface area contributed by atoms with E-state index in [4.69, 9.17) is 17.3 Å². The fourth-order valence-electron chi connectivity index (χ4n) is 3.44. The summed E-state index contributed by atoms with van der Waals surface area (Å²) in [6.07, 6.45) is 4.58. The van der Waals surface area contributed by atoms with E-state index < -0.39 is 0 Å². The second kappa shape index (κ2) is 9.47. The molecule has 1 aromatic carbocycles. The number of hydrogen-bond donors (Lipinski definition) is 0. The van der Waals surface area contributed by atoms with E-state index in [1.54, 1.807) is 6.20 Å². The van der Waals surface area contributed by atoms with E-state index in [1.165, 1.54) is 15.3 Å². The smallest absolute Gasteiger partial charge is 0.199 e. The summed E-state index contributed by atoms with van der Waals surface area (Å²) in [5.74, 6) is 0.836. The van der Waals surface area contributed by atoms with Gasteiger partial charge in [0.15, 0.2) is 10.6 Å². The molecule has 154 valence electrons. The number of rotatable bonds is 8. The van der Waals surface area contributed by atoms with Crippen molar-refractivity contribution in [3.05, 3.63) is 87.1 Å². The molecule has 0 aliphatic heterocycles. The Morgan fingerprint density at radius 3 is 2.60 bits per heavy atom. The molecule has 5 nitrogen and oxygen atoms in total. The zero-order chi connectivity index (χ0) is 20.9. The van der Waals surface area contributed by atoms with Gasteiger partial charge in [-0.3, -0.25) is 9.88 Å². The SMILES string of the molecule is Cc1ccc(CN(CCc2ccccc2)Cn2nc(-c3cccnc3)n(C)c2=S)s1. The van der Waals surface area contributed by atoms with E-state index in [1.807, 2.05) is 46.0 Å². The van der Waals surface area contributed by atoms with Crippen LogP contribution >= 0.6 is 23.6 Å². The molecule has 0 fully saturated rings. The van der Waals surface area contributed by atoms with Crippen molar-refractivity contribution in [2.24, 2.45) is 7.05 Å². The zero-order valence-electron chi connectivity index (χ0n) is 17.2. The molecule has 0 atom stereocenters. The standard InChI is InChI=1S/C23H25N5S2/c1-18-10-11-21(30-18)16-27(14-12-19-7-4-3-5-8-19)17-28-23(29)26(2)22(25-28)20-9-6-13-24-15-20/h3-11,13,15H,12,14,16-17H2,1-2H3. The van der Waals surface area contributed by atoms with E-state index in [2.05, 4.69) is 59.3 Å². The monoisotopic (exact) mass is 435 g/mol. The van der Waals surface area contributed by atoms with Crippen LogP contribution in [-0.2, 0) is 26.7 Å². The van der Waals surface area contributed by atoms with E-state index >= 15 is 0 Å². The lowest BCUT2D eigenvalue weighted by atomic mass is 10.1. The van der Waals surface area contributed by atoms with Gasteiger partial charge in [-0.05, 0) is 55.4 Å². The lowest BCUT2D eigenvalue weighted by Gasteiger charge is -2.21. The molecule has 4 rings (SSSR count). The fraction of sp³-hybridized carbons (Fsp3) is 0.261. The van der Waals surface area contributed by atoms with Crippen molar-refractivity contribution < 1.29 is 0 Å². The first kappa shape index (κ1) is 20.7. The Kier molecular flexibility index (Phi) is 6.52. The van der Waals surface area contributed by atoms with Crippen molar-refractivity contribution in [3.8, 4) is 11.4 Å². The highest BCUT2D eigenvalue weighted by molar-refractivity contribution is 7.71. The van der Waals surface area contributed by atoms with E-state index in [0.29, 0.717) is 11.4 Å². The quantitative estimate of drug-likeness (QED) is 0.362. The topological polar surface area (TPSA) is 38.9 Å². The predicted molar refractivity (Wildman–Crippen MR) is 125 cm³/mol.